The van der Waals surface area contributed by atoms with Crippen molar-refractivity contribution in [2.75, 3.05) is 25.4 Å². The summed E-state index contributed by atoms with van der Waals surface area (Å²) in [4.78, 5) is 35.2. The van der Waals surface area contributed by atoms with Crippen LogP contribution in [0.4, 0.5) is 0 Å². The van der Waals surface area contributed by atoms with Gasteiger partial charge in [-0.3, -0.25) is 9.59 Å². The van der Waals surface area contributed by atoms with E-state index in [0.717, 1.165) is 36.8 Å². The van der Waals surface area contributed by atoms with E-state index in [1.807, 2.05) is 24.3 Å². The van der Waals surface area contributed by atoms with Crippen molar-refractivity contribution in [3.05, 3.63) is 42.7 Å². The minimum atomic E-state index is -0.195. The predicted octanol–water partition coefficient (Wildman–Crippen LogP) is 2.72. The molecule has 1 saturated heterocycles. The zero-order valence-electron chi connectivity index (χ0n) is 15.3. The van der Waals surface area contributed by atoms with Crippen LogP contribution in [0.15, 0.2) is 52.1 Å². The maximum Gasteiger partial charge on any atom is 0.241 e. The van der Waals surface area contributed by atoms with Crippen molar-refractivity contribution < 1.29 is 14.0 Å². The first-order valence-electron chi connectivity index (χ1n) is 9.18. The number of benzene rings is 1. The lowest BCUT2D eigenvalue weighted by molar-refractivity contribution is -0.131. The lowest BCUT2D eigenvalue weighted by Crippen LogP contribution is -2.39. The van der Waals surface area contributed by atoms with E-state index < -0.39 is 0 Å². The normalized spacial score (nSPS) is 13.8. The first-order chi connectivity index (χ1) is 13.7. The summed E-state index contributed by atoms with van der Waals surface area (Å²) in [6.07, 6.45) is 3.65. The maximum absolute atomic E-state index is 12.2. The molecular formula is C20H20N4O3S. The van der Waals surface area contributed by atoms with E-state index in [4.69, 9.17) is 4.42 Å². The Labute approximate surface area is 166 Å². The number of hydrogen-bond donors (Lipinski definition) is 1. The highest BCUT2D eigenvalue weighted by Gasteiger charge is 2.18. The second kappa shape index (κ2) is 8.43. The molecule has 7 nitrogen and oxygen atoms in total. The Bertz CT molecular complexity index is 984. The fourth-order valence-corrected chi connectivity index (χ4v) is 3.96. The molecule has 0 atom stereocenters. The number of amides is 2. The van der Waals surface area contributed by atoms with Gasteiger partial charge in [0.15, 0.2) is 11.6 Å². The van der Waals surface area contributed by atoms with Crippen molar-refractivity contribution in [1.82, 2.24) is 20.2 Å². The van der Waals surface area contributed by atoms with Gasteiger partial charge in [-0.15, -0.1) is 0 Å². The highest BCUT2D eigenvalue weighted by molar-refractivity contribution is 8.00. The molecule has 144 valence electrons. The van der Waals surface area contributed by atoms with Crippen LogP contribution >= 0.6 is 11.8 Å². The minimum absolute atomic E-state index is 0.0246. The summed E-state index contributed by atoms with van der Waals surface area (Å²) >= 11 is 1.32. The zero-order chi connectivity index (χ0) is 19.3. The largest absolute Gasteiger partial charge is 0.461 e. The summed E-state index contributed by atoms with van der Waals surface area (Å²) in [5, 5.41) is 4.29. The van der Waals surface area contributed by atoms with Crippen LogP contribution in [-0.2, 0) is 9.59 Å². The SMILES string of the molecule is O=C(CSc1nc(-c2ccco2)nc2ccccc12)NCC(=O)N1CCCC1. The van der Waals surface area contributed by atoms with Crippen LogP contribution in [0.1, 0.15) is 12.8 Å². The topological polar surface area (TPSA) is 88.3 Å². The van der Waals surface area contributed by atoms with E-state index >= 15 is 0 Å². The smallest absolute Gasteiger partial charge is 0.241 e. The van der Waals surface area contributed by atoms with Crippen LogP contribution in [0, 0.1) is 0 Å². The van der Waals surface area contributed by atoms with Gasteiger partial charge in [-0.25, -0.2) is 9.97 Å². The van der Waals surface area contributed by atoms with Crippen molar-refractivity contribution in [2.45, 2.75) is 17.9 Å². The summed E-state index contributed by atoms with van der Waals surface area (Å²) < 4.78 is 5.41. The fourth-order valence-electron chi connectivity index (χ4n) is 3.11. The molecule has 3 heterocycles. The molecule has 2 aromatic heterocycles. The highest BCUT2D eigenvalue weighted by atomic mass is 32.2. The summed E-state index contributed by atoms with van der Waals surface area (Å²) in [6.45, 7) is 1.61. The third-order valence-corrected chi connectivity index (χ3v) is 5.54. The number of likely N-dealkylation sites (tertiary alicyclic amines) is 1. The third-order valence-electron chi connectivity index (χ3n) is 4.55. The van der Waals surface area contributed by atoms with Crippen molar-refractivity contribution in [1.29, 1.82) is 0 Å². The van der Waals surface area contributed by atoms with E-state index in [9.17, 15) is 9.59 Å². The Kier molecular flexibility index (Phi) is 5.57. The standard InChI is InChI=1S/C20H20N4O3S/c25-17(21-12-18(26)24-9-3-4-10-24)13-28-20-14-6-1-2-7-15(14)22-19(23-20)16-8-5-11-27-16/h1-2,5-8,11H,3-4,9-10,12-13H2,(H,21,25). The molecule has 1 N–H and O–H groups in total. The van der Waals surface area contributed by atoms with Gasteiger partial charge in [0.05, 0.1) is 24.1 Å². The number of nitrogens with zero attached hydrogens (tertiary/aromatic N) is 3. The monoisotopic (exact) mass is 396 g/mol. The molecule has 0 radical (unpaired) electrons. The number of nitrogens with one attached hydrogen (secondary N) is 1. The number of thioether (sulfide) groups is 1. The van der Waals surface area contributed by atoms with Crippen molar-refractivity contribution in [3.8, 4) is 11.6 Å². The molecule has 8 heteroatoms. The first kappa shape index (κ1) is 18.5. The summed E-state index contributed by atoms with van der Waals surface area (Å²) in [7, 11) is 0. The zero-order valence-corrected chi connectivity index (χ0v) is 16.1. The molecule has 1 aromatic carbocycles. The van der Waals surface area contributed by atoms with Gasteiger partial charge in [0, 0.05) is 18.5 Å². The second-order valence-electron chi connectivity index (χ2n) is 6.50. The number of carbonyl (C=O) groups excluding carboxylic acids is 2. The quantitative estimate of drug-likeness (QED) is 0.509. The number of hydrogen-bond acceptors (Lipinski definition) is 6. The number of furan rings is 1. The molecule has 1 aliphatic rings. The Hall–Kier alpha value is -2.87. The molecule has 1 fully saturated rings. The predicted molar refractivity (Wildman–Crippen MR) is 107 cm³/mol. The number of carbonyl (C=O) groups is 2. The van der Waals surface area contributed by atoms with Gasteiger partial charge in [-0.05, 0) is 31.0 Å². The fraction of sp³-hybridized carbons (Fsp3) is 0.300. The van der Waals surface area contributed by atoms with Crippen LogP contribution < -0.4 is 5.32 Å². The molecule has 1 aliphatic heterocycles. The minimum Gasteiger partial charge on any atom is -0.461 e. The number of fused-ring (bicyclic) bond motifs is 1. The Morgan fingerprint density at radius 3 is 2.71 bits per heavy atom. The van der Waals surface area contributed by atoms with Crippen LogP contribution in [-0.4, -0.2) is 52.1 Å². The van der Waals surface area contributed by atoms with Crippen molar-refractivity contribution in [3.63, 3.8) is 0 Å². The van der Waals surface area contributed by atoms with Gasteiger partial charge in [0.25, 0.3) is 0 Å². The molecule has 0 unspecified atom stereocenters. The molecule has 0 saturated carbocycles. The Morgan fingerprint density at radius 2 is 1.93 bits per heavy atom. The summed E-state index contributed by atoms with van der Waals surface area (Å²) in [5.41, 5.74) is 0.788. The van der Waals surface area contributed by atoms with Crippen LogP contribution in [0.3, 0.4) is 0 Å². The average Bonchev–Trinajstić information content (AvgIpc) is 3.44. The second-order valence-corrected chi connectivity index (χ2v) is 7.46. The van der Waals surface area contributed by atoms with E-state index in [2.05, 4.69) is 15.3 Å². The lowest BCUT2D eigenvalue weighted by Gasteiger charge is -2.15. The number of aromatic nitrogens is 2. The molecule has 2 amide bonds. The van der Waals surface area contributed by atoms with Gasteiger partial charge in [-0.2, -0.15) is 0 Å². The molecule has 0 aliphatic carbocycles. The van der Waals surface area contributed by atoms with Crippen LogP contribution in [0.2, 0.25) is 0 Å². The van der Waals surface area contributed by atoms with Crippen LogP contribution in [0.25, 0.3) is 22.5 Å². The first-order valence-corrected chi connectivity index (χ1v) is 10.2. The molecule has 0 spiro atoms. The van der Waals surface area contributed by atoms with Gasteiger partial charge in [-0.1, -0.05) is 30.0 Å². The average molecular weight is 396 g/mol. The summed E-state index contributed by atoms with van der Waals surface area (Å²) in [6, 6.07) is 11.2. The lowest BCUT2D eigenvalue weighted by atomic mass is 10.2. The van der Waals surface area contributed by atoms with E-state index in [-0.39, 0.29) is 24.1 Å². The number of rotatable bonds is 6. The van der Waals surface area contributed by atoms with Crippen molar-refractivity contribution in [2.24, 2.45) is 0 Å². The van der Waals surface area contributed by atoms with Gasteiger partial charge >= 0.3 is 0 Å². The molecule has 4 rings (SSSR count). The van der Waals surface area contributed by atoms with Gasteiger partial charge in [0.1, 0.15) is 5.03 Å². The summed E-state index contributed by atoms with van der Waals surface area (Å²) in [5.74, 6) is 1.01. The Balaban J connectivity index is 1.43. The van der Waals surface area contributed by atoms with E-state index in [0.29, 0.717) is 16.6 Å². The molecular weight excluding hydrogens is 376 g/mol. The highest BCUT2D eigenvalue weighted by Crippen LogP contribution is 2.28. The van der Waals surface area contributed by atoms with E-state index in [1.54, 1.807) is 23.3 Å². The Morgan fingerprint density at radius 1 is 1.11 bits per heavy atom. The van der Waals surface area contributed by atoms with Crippen LogP contribution in [0.5, 0.6) is 0 Å². The van der Waals surface area contributed by atoms with Gasteiger partial charge in [0.2, 0.25) is 11.8 Å². The maximum atomic E-state index is 12.2. The number of para-hydroxylation sites is 1. The molecule has 0 bridgehead atoms. The van der Waals surface area contributed by atoms with E-state index in [1.165, 1.54) is 11.8 Å². The molecule has 28 heavy (non-hydrogen) atoms. The van der Waals surface area contributed by atoms with Crippen molar-refractivity contribution >= 4 is 34.5 Å². The van der Waals surface area contributed by atoms with Gasteiger partial charge < -0.3 is 14.6 Å². The molecule has 3 aromatic rings. The third kappa shape index (κ3) is 4.17.